The molecule has 0 aliphatic heterocycles. The van der Waals surface area contributed by atoms with E-state index >= 15 is 0 Å². The van der Waals surface area contributed by atoms with E-state index in [4.69, 9.17) is 9.47 Å². The molecule has 0 bridgehead atoms. The van der Waals surface area contributed by atoms with E-state index in [0.29, 0.717) is 22.3 Å². The van der Waals surface area contributed by atoms with Crippen LogP contribution in [0.2, 0.25) is 0 Å². The van der Waals surface area contributed by atoms with Crippen molar-refractivity contribution in [2.24, 2.45) is 11.3 Å². The van der Waals surface area contributed by atoms with Gasteiger partial charge in [0.25, 0.3) is 0 Å². The molecular weight excluding hydrogens is 564 g/mol. The number of Topliss-reactive ketones (excluding diaryl/α,β-unsaturated/α-hetero) is 1. The Hall–Kier alpha value is -5.02. The number of fused-ring (bicyclic) bond motifs is 1. The van der Waals surface area contributed by atoms with Crippen LogP contribution in [-0.2, 0) is 41.5 Å². The fraction of sp³-hybridized carbons (Fsp3) is 0.282. The highest BCUT2D eigenvalue weighted by molar-refractivity contribution is 6.44. The van der Waals surface area contributed by atoms with Gasteiger partial charge < -0.3 is 9.47 Å². The summed E-state index contributed by atoms with van der Waals surface area (Å²) < 4.78 is 11.0. The fourth-order valence-electron chi connectivity index (χ4n) is 6.25. The third kappa shape index (κ3) is 6.04. The smallest absolute Gasteiger partial charge is 0.324 e. The molecule has 5 rings (SSSR count). The third-order valence-corrected chi connectivity index (χ3v) is 8.42. The molecule has 0 N–H and O–H groups in total. The standard InChI is InChI=1S/C39H36O6/c1-5-44-37(42)39(38(43)45-6-2)23-32-29(21-20-26-14-9-7-10-15-26)30(27-16-11-8-12-17-27)22-31(33(32)24-39)35-28(25(3)4)18-13-19-34(40)36(35)41/h7-19,22,25,35H,5-6,23-24H2,1-4H3. The van der Waals surface area contributed by atoms with Crippen LogP contribution in [0.1, 0.15) is 61.4 Å². The number of esters is 2. The number of hydrogen-bond donors (Lipinski definition) is 0. The largest absolute Gasteiger partial charge is 0.465 e. The van der Waals surface area contributed by atoms with E-state index in [2.05, 4.69) is 11.8 Å². The summed E-state index contributed by atoms with van der Waals surface area (Å²) in [5.74, 6) is 3.14. The zero-order valence-corrected chi connectivity index (χ0v) is 26.0. The van der Waals surface area contributed by atoms with Gasteiger partial charge in [0.15, 0.2) is 5.41 Å². The van der Waals surface area contributed by atoms with Gasteiger partial charge in [0, 0.05) is 24.0 Å². The van der Waals surface area contributed by atoms with Gasteiger partial charge in [0.2, 0.25) is 11.6 Å². The number of rotatable bonds is 7. The molecule has 3 aromatic rings. The van der Waals surface area contributed by atoms with Gasteiger partial charge in [0.1, 0.15) is 0 Å². The lowest BCUT2D eigenvalue weighted by Gasteiger charge is -2.26. The normalized spacial score (nSPS) is 16.7. The van der Waals surface area contributed by atoms with Gasteiger partial charge in [-0.2, -0.15) is 0 Å². The van der Waals surface area contributed by atoms with Crippen LogP contribution in [0.3, 0.4) is 0 Å². The van der Waals surface area contributed by atoms with Crippen LogP contribution in [0.25, 0.3) is 11.1 Å². The second kappa shape index (κ2) is 13.3. The van der Waals surface area contributed by atoms with Crippen LogP contribution in [-0.4, -0.2) is 36.7 Å². The van der Waals surface area contributed by atoms with Gasteiger partial charge in [-0.05, 0) is 71.9 Å². The van der Waals surface area contributed by atoms with E-state index in [0.717, 1.165) is 22.3 Å². The van der Waals surface area contributed by atoms with Gasteiger partial charge in [-0.3, -0.25) is 19.2 Å². The molecule has 0 saturated carbocycles. The Kier molecular flexibility index (Phi) is 9.29. The molecule has 0 aromatic heterocycles. The minimum Gasteiger partial charge on any atom is -0.465 e. The van der Waals surface area contributed by atoms with Crippen molar-refractivity contribution in [3.8, 4) is 23.0 Å². The zero-order valence-electron chi connectivity index (χ0n) is 26.0. The predicted octanol–water partition coefficient (Wildman–Crippen LogP) is 6.34. The molecule has 6 heteroatoms. The average molecular weight is 601 g/mol. The van der Waals surface area contributed by atoms with Crippen molar-refractivity contribution < 1.29 is 28.7 Å². The molecule has 6 nitrogen and oxygen atoms in total. The van der Waals surface area contributed by atoms with Crippen molar-refractivity contribution in [3.05, 3.63) is 118 Å². The fourth-order valence-corrected chi connectivity index (χ4v) is 6.25. The van der Waals surface area contributed by atoms with Crippen LogP contribution < -0.4 is 0 Å². The van der Waals surface area contributed by atoms with Crippen LogP contribution >= 0.6 is 0 Å². The Morgan fingerprint density at radius 1 is 0.867 bits per heavy atom. The van der Waals surface area contributed by atoms with Crippen molar-refractivity contribution in [1.82, 2.24) is 0 Å². The number of carbonyl (C=O) groups is 4. The number of carbonyl (C=O) groups excluding carboxylic acids is 4. The number of ether oxygens (including phenoxy) is 2. The van der Waals surface area contributed by atoms with E-state index in [-0.39, 0.29) is 32.0 Å². The van der Waals surface area contributed by atoms with Crippen LogP contribution in [0.5, 0.6) is 0 Å². The Morgan fingerprint density at radius 3 is 2.07 bits per heavy atom. The first-order valence-corrected chi connectivity index (χ1v) is 15.3. The summed E-state index contributed by atoms with van der Waals surface area (Å²) in [4.78, 5) is 54.4. The van der Waals surface area contributed by atoms with Crippen molar-refractivity contribution in [2.45, 2.75) is 46.5 Å². The first kappa shape index (κ1) is 31.4. The second-order valence-electron chi connectivity index (χ2n) is 11.5. The molecule has 2 aliphatic rings. The Labute approximate surface area is 264 Å². The minimum absolute atomic E-state index is 0.0136. The Morgan fingerprint density at radius 2 is 1.47 bits per heavy atom. The predicted molar refractivity (Wildman–Crippen MR) is 172 cm³/mol. The highest BCUT2D eigenvalue weighted by Gasteiger charge is 2.55. The molecule has 3 aromatic carbocycles. The van der Waals surface area contributed by atoms with Crippen LogP contribution in [0.4, 0.5) is 0 Å². The lowest BCUT2D eigenvalue weighted by atomic mass is 9.76. The summed E-state index contributed by atoms with van der Waals surface area (Å²) >= 11 is 0. The van der Waals surface area contributed by atoms with E-state index in [9.17, 15) is 19.2 Å². The molecule has 0 radical (unpaired) electrons. The molecular formula is C39H36O6. The summed E-state index contributed by atoms with van der Waals surface area (Å²) in [6.45, 7) is 7.51. The molecule has 228 valence electrons. The highest BCUT2D eigenvalue weighted by atomic mass is 16.6. The molecule has 0 saturated heterocycles. The second-order valence-corrected chi connectivity index (χ2v) is 11.5. The molecule has 2 aliphatic carbocycles. The highest BCUT2D eigenvalue weighted by Crippen LogP contribution is 2.48. The molecule has 1 unspecified atom stereocenters. The van der Waals surface area contributed by atoms with E-state index in [1.165, 1.54) is 6.08 Å². The van der Waals surface area contributed by atoms with Gasteiger partial charge in [-0.25, -0.2) is 0 Å². The SMILES string of the molecule is CCOC(=O)C1(C(=O)OCC)Cc2c(C3C(=O)C(=O)C=CC=C3C(C)C)cc(-c3ccccc3)c(C#Cc3ccccc3)c2C1. The monoisotopic (exact) mass is 600 g/mol. The van der Waals surface area contributed by atoms with E-state index < -0.39 is 34.8 Å². The first-order valence-electron chi connectivity index (χ1n) is 15.3. The summed E-state index contributed by atoms with van der Waals surface area (Å²) in [6.07, 6.45) is 4.69. The van der Waals surface area contributed by atoms with Gasteiger partial charge in [-0.15, -0.1) is 0 Å². The minimum atomic E-state index is -1.67. The quantitative estimate of drug-likeness (QED) is 0.136. The summed E-state index contributed by atoms with van der Waals surface area (Å²) in [7, 11) is 0. The van der Waals surface area contributed by atoms with Crippen molar-refractivity contribution in [1.29, 1.82) is 0 Å². The average Bonchev–Trinajstić information content (AvgIpc) is 3.40. The van der Waals surface area contributed by atoms with Gasteiger partial charge >= 0.3 is 11.9 Å². The molecule has 0 spiro atoms. The van der Waals surface area contributed by atoms with Gasteiger partial charge in [0.05, 0.1) is 19.1 Å². The lowest BCUT2D eigenvalue weighted by Crippen LogP contribution is -2.43. The number of allylic oxidation sites excluding steroid dienone is 4. The molecule has 0 amide bonds. The third-order valence-electron chi connectivity index (χ3n) is 8.42. The molecule has 45 heavy (non-hydrogen) atoms. The Balaban J connectivity index is 1.87. The van der Waals surface area contributed by atoms with E-state index in [1.54, 1.807) is 19.9 Å². The maximum absolute atomic E-state index is 13.9. The van der Waals surface area contributed by atoms with Crippen LogP contribution in [0, 0.1) is 23.2 Å². The maximum Gasteiger partial charge on any atom is 0.324 e. The first-order chi connectivity index (χ1) is 21.7. The summed E-state index contributed by atoms with van der Waals surface area (Å²) in [5.41, 5.74) is 4.07. The van der Waals surface area contributed by atoms with Crippen molar-refractivity contribution in [2.75, 3.05) is 13.2 Å². The zero-order chi connectivity index (χ0) is 32.1. The Bertz CT molecular complexity index is 1750. The topological polar surface area (TPSA) is 86.7 Å². The number of hydrogen-bond acceptors (Lipinski definition) is 6. The van der Waals surface area contributed by atoms with Crippen molar-refractivity contribution >= 4 is 23.5 Å². The number of ketones is 2. The summed E-state index contributed by atoms with van der Waals surface area (Å²) in [5, 5.41) is 0. The molecule has 0 heterocycles. The summed E-state index contributed by atoms with van der Waals surface area (Å²) in [6, 6.07) is 21.1. The molecule has 1 atom stereocenters. The lowest BCUT2D eigenvalue weighted by molar-refractivity contribution is -0.171. The van der Waals surface area contributed by atoms with E-state index in [1.807, 2.05) is 86.7 Å². The number of benzene rings is 3. The van der Waals surface area contributed by atoms with Crippen molar-refractivity contribution in [3.63, 3.8) is 0 Å². The maximum atomic E-state index is 13.9. The van der Waals surface area contributed by atoms with Gasteiger partial charge in [-0.1, -0.05) is 91.9 Å². The van der Waals surface area contributed by atoms with Crippen LogP contribution in [0.15, 0.2) is 90.5 Å². The molecule has 0 fully saturated rings.